The van der Waals surface area contributed by atoms with Crippen molar-refractivity contribution in [2.75, 3.05) is 13.2 Å². The van der Waals surface area contributed by atoms with Gasteiger partial charge in [0.25, 0.3) is 0 Å². The van der Waals surface area contributed by atoms with E-state index in [9.17, 15) is 0 Å². The lowest BCUT2D eigenvalue weighted by molar-refractivity contribution is 0.364. The van der Waals surface area contributed by atoms with Crippen molar-refractivity contribution in [3.63, 3.8) is 0 Å². The summed E-state index contributed by atoms with van der Waals surface area (Å²) < 4.78 is 17.6. The Hall–Kier alpha value is -7.24. The predicted octanol–water partition coefficient (Wildman–Crippen LogP) is 9.87. The third-order valence-corrected chi connectivity index (χ3v) is 10.8. The number of ether oxygens (including phenoxy) is 2. The van der Waals surface area contributed by atoms with Gasteiger partial charge in [0.2, 0.25) is 0 Å². The summed E-state index contributed by atoms with van der Waals surface area (Å²) in [6.07, 6.45) is 24.2. The third-order valence-electron chi connectivity index (χ3n) is 10.8. The average molecular weight is 695 g/mol. The normalized spacial score (nSPS) is 14.5. The summed E-state index contributed by atoms with van der Waals surface area (Å²) in [5.74, 6) is 12.2. The topological polar surface area (TPSA) is 28.3 Å². The molecule has 0 bridgehead atoms. The summed E-state index contributed by atoms with van der Waals surface area (Å²) in [7, 11) is 0. The number of benzene rings is 6. The highest BCUT2D eigenvalue weighted by atomic mass is 16.5. The van der Waals surface area contributed by atoms with Crippen LogP contribution in [-0.2, 0) is 13.1 Å². The quantitative estimate of drug-likeness (QED) is 0.148. The van der Waals surface area contributed by atoms with Crippen LogP contribution in [0.3, 0.4) is 0 Å². The number of terminal acetylenes is 4. The van der Waals surface area contributed by atoms with Crippen LogP contribution in [0.4, 0.5) is 0 Å². The smallest absolute Gasteiger partial charge is 0.148 e. The molecule has 54 heavy (non-hydrogen) atoms. The summed E-state index contributed by atoms with van der Waals surface area (Å²) in [4.78, 5) is 0. The molecule has 2 heterocycles. The van der Waals surface area contributed by atoms with Crippen molar-refractivity contribution >= 4 is 43.4 Å². The Bertz CT molecular complexity index is 2760. The second-order valence-corrected chi connectivity index (χ2v) is 13.5. The number of rotatable bonds is 8. The van der Waals surface area contributed by atoms with Crippen LogP contribution in [0, 0.1) is 49.4 Å². The van der Waals surface area contributed by atoms with Crippen molar-refractivity contribution < 1.29 is 9.47 Å². The number of para-hydroxylation sites is 2. The first-order valence-electron chi connectivity index (χ1n) is 17.9. The van der Waals surface area contributed by atoms with Crippen molar-refractivity contribution in [2.45, 2.75) is 24.9 Å². The first-order valence-corrected chi connectivity index (χ1v) is 17.9. The van der Waals surface area contributed by atoms with Crippen molar-refractivity contribution in [3.8, 4) is 60.9 Å². The van der Waals surface area contributed by atoms with Gasteiger partial charge in [0.05, 0.1) is 24.9 Å². The van der Waals surface area contributed by atoms with Gasteiger partial charge >= 0.3 is 0 Å². The molecule has 2 unspecified atom stereocenters. The van der Waals surface area contributed by atoms with Gasteiger partial charge in [-0.1, -0.05) is 121 Å². The molecule has 8 aromatic rings. The highest BCUT2D eigenvalue weighted by Crippen LogP contribution is 2.58. The Labute approximate surface area is 314 Å². The molecule has 4 nitrogen and oxygen atoms in total. The molecule has 2 aromatic heterocycles. The number of aromatic nitrogens is 2. The van der Waals surface area contributed by atoms with Gasteiger partial charge in [-0.25, -0.2) is 0 Å². The van der Waals surface area contributed by atoms with Gasteiger partial charge in [-0.15, -0.1) is 25.7 Å². The average Bonchev–Trinajstić information content (AvgIpc) is 3.71. The molecule has 4 heteroatoms. The SMILES string of the molecule is C#CCOc1ccc2ccccc2c1C1c2c(n(CC#C)c3ccccc23)C(c2c(OCC#C)ccc3ccccc23)c2c1n(CC#C)c1ccccc21. The monoisotopic (exact) mass is 694 g/mol. The van der Waals surface area contributed by atoms with E-state index in [-0.39, 0.29) is 25.0 Å². The standard InChI is InChI=1S/C50H34N2O2/c1-5-29-51-39-23-15-13-21-37(39)45-48(44-36-20-12-10-18-34(36)26-28-42(44)54-32-8-4)50-46(38-22-14-16-24-40(38)52(50)30-6-2)47(49(45)51)43-35-19-11-9-17-33(35)25-27-41(43)53-31-7-3/h1-4,9-28,47-48H,29-32H2. The van der Waals surface area contributed by atoms with Crippen LogP contribution in [0.2, 0.25) is 0 Å². The van der Waals surface area contributed by atoms with Gasteiger partial charge in [0, 0.05) is 44.3 Å². The zero-order chi connectivity index (χ0) is 36.8. The molecule has 1 aliphatic rings. The molecule has 256 valence electrons. The Morgan fingerprint density at radius 2 is 0.815 bits per heavy atom. The minimum atomic E-state index is -0.333. The molecule has 0 fully saturated rings. The van der Waals surface area contributed by atoms with E-state index in [4.69, 9.17) is 35.2 Å². The summed E-state index contributed by atoms with van der Waals surface area (Å²) in [6.45, 7) is 0.967. The van der Waals surface area contributed by atoms with Gasteiger partial charge in [-0.2, -0.15) is 0 Å². The van der Waals surface area contributed by atoms with Crippen molar-refractivity contribution in [3.05, 3.63) is 155 Å². The maximum Gasteiger partial charge on any atom is 0.148 e. The Balaban J connectivity index is 1.55. The molecular formula is C50H34N2O2. The molecule has 9 rings (SSSR count). The molecule has 0 saturated heterocycles. The highest BCUT2D eigenvalue weighted by molar-refractivity contribution is 5.99. The van der Waals surface area contributed by atoms with Crippen LogP contribution in [0.1, 0.15) is 45.5 Å². The third kappa shape index (κ3) is 4.86. The summed E-state index contributed by atoms with van der Waals surface area (Å²) in [5, 5.41) is 6.53. The predicted molar refractivity (Wildman–Crippen MR) is 220 cm³/mol. The van der Waals surface area contributed by atoms with Gasteiger partial charge in [-0.05, 0) is 56.9 Å². The summed E-state index contributed by atoms with van der Waals surface area (Å²) in [6, 6.07) is 42.3. The molecule has 6 aromatic carbocycles. The van der Waals surface area contributed by atoms with Crippen molar-refractivity contribution in [2.24, 2.45) is 0 Å². The molecular weight excluding hydrogens is 661 g/mol. The fourth-order valence-corrected chi connectivity index (χ4v) is 8.93. The molecule has 1 aliphatic carbocycles. The highest BCUT2D eigenvalue weighted by Gasteiger charge is 2.45. The van der Waals surface area contributed by atoms with Gasteiger partial charge in [0.15, 0.2) is 0 Å². The van der Waals surface area contributed by atoms with E-state index in [1.165, 1.54) is 0 Å². The maximum absolute atomic E-state index is 6.49. The van der Waals surface area contributed by atoms with E-state index in [1.807, 2.05) is 12.1 Å². The van der Waals surface area contributed by atoms with Gasteiger partial charge in [-0.3, -0.25) is 0 Å². The molecule has 0 aliphatic heterocycles. The van der Waals surface area contributed by atoms with Crippen LogP contribution < -0.4 is 9.47 Å². The second kappa shape index (κ2) is 13.4. The van der Waals surface area contributed by atoms with E-state index in [0.717, 1.165) is 88.5 Å². The fourth-order valence-electron chi connectivity index (χ4n) is 8.93. The second-order valence-electron chi connectivity index (χ2n) is 13.5. The van der Waals surface area contributed by atoms with Crippen LogP contribution >= 0.6 is 0 Å². The molecule has 2 atom stereocenters. The molecule has 0 spiro atoms. The fraction of sp³-hybridized carbons (Fsp3) is 0.120. The Kier molecular flexibility index (Phi) is 8.09. The van der Waals surface area contributed by atoms with Crippen LogP contribution in [0.25, 0.3) is 43.4 Å². The molecule has 0 saturated carbocycles. The maximum atomic E-state index is 6.49. The first kappa shape index (κ1) is 32.7. The van der Waals surface area contributed by atoms with Crippen LogP contribution in [-0.4, -0.2) is 22.3 Å². The van der Waals surface area contributed by atoms with Gasteiger partial charge in [0.1, 0.15) is 24.7 Å². The lowest BCUT2D eigenvalue weighted by Gasteiger charge is -2.35. The van der Waals surface area contributed by atoms with Crippen molar-refractivity contribution in [1.82, 2.24) is 9.13 Å². The number of fused-ring (bicyclic) bond motifs is 8. The van der Waals surface area contributed by atoms with E-state index < -0.39 is 0 Å². The Morgan fingerprint density at radius 3 is 1.22 bits per heavy atom. The zero-order valence-corrected chi connectivity index (χ0v) is 29.6. The first-order chi connectivity index (χ1) is 26.7. The van der Waals surface area contributed by atoms with Crippen molar-refractivity contribution in [1.29, 1.82) is 0 Å². The zero-order valence-electron chi connectivity index (χ0n) is 29.6. The van der Waals surface area contributed by atoms with E-state index in [0.29, 0.717) is 13.1 Å². The largest absolute Gasteiger partial charge is 0.481 e. The molecule has 0 N–H and O–H groups in total. The minimum absolute atomic E-state index is 0.123. The number of nitrogens with zero attached hydrogens (tertiary/aromatic N) is 2. The number of hydrogen-bond acceptors (Lipinski definition) is 2. The Morgan fingerprint density at radius 1 is 0.426 bits per heavy atom. The minimum Gasteiger partial charge on any atom is -0.481 e. The number of hydrogen-bond donors (Lipinski definition) is 0. The summed E-state index contributed by atoms with van der Waals surface area (Å²) >= 11 is 0. The van der Waals surface area contributed by atoms with E-state index >= 15 is 0 Å². The van der Waals surface area contributed by atoms with Gasteiger partial charge < -0.3 is 18.6 Å². The van der Waals surface area contributed by atoms with Crippen LogP contribution in [0.15, 0.2) is 121 Å². The molecule has 0 radical (unpaired) electrons. The molecule has 0 amide bonds. The lowest BCUT2D eigenvalue weighted by Crippen LogP contribution is -2.25. The van der Waals surface area contributed by atoms with E-state index in [1.54, 1.807) is 0 Å². The summed E-state index contributed by atoms with van der Waals surface area (Å²) in [5.41, 5.74) is 8.60. The van der Waals surface area contributed by atoms with Crippen LogP contribution in [0.5, 0.6) is 11.5 Å². The van der Waals surface area contributed by atoms with E-state index in [2.05, 4.69) is 142 Å². The lowest BCUT2D eigenvalue weighted by atomic mass is 9.70.